The molecule has 108 valence electrons. The molecule has 0 aliphatic heterocycles. The fraction of sp³-hybridized carbons (Fsp3) is 0.273. The van der Waals surface area contributed by atoms with Crippen LogP contribution in [0.25, 0.3) is 11.9 Å². The van der Waals surface area contributed by atoms with Crippen LogP contribution in [0.1, 0.15) is 13.3 Å². The first-order valence-electron chi connectivity index (χ1n) is 6.32. The first kappa shape index (κ1) is 13.6. The minimum absolute atomic E-state index is 0.378. The van der Waals surface area contributed by atoms with Gasteiger partial charge >= 0.3 is 0 Å². The number of halogens is 1. The lowest BCUT2D eigenvalue weighted by molar-refractivity contribution is 0.743. The third kappa shape index (κ3) is 3.05. The van der Waals surface area contributed by atoms with Crippen molar-refractivity contribution < 1.29 is 0 Å². The first-order valence-corrected chi connectivity index (χ1v) is 7.11. The third-order valence-corrected chi connectivity index (χ3v) is 2.93. The summed E-state index contributed by atoms with van der Waals surface area (Å²) in [5.74, 6) is 1.25. The standard InChI is InChI=1S/C11H12BrN9/c1-2-3-14-9-17-10(20-5-8(12)4-15-20)19-11(18-9)21-7-13-6-16-21/h4-7H,2-3H2,1H3,(H,14,17,18,19). The minimum Gasteiger partial charge on any atom is -0.354 e. The molecule has 21 heavy (non-hydrogen) atoms. The van der Waals surface area contributed by atoms with Crippen molar-refractivity contribution in [2.75, 3.05) is 11.9 Å². The highest BCUT2D eigenvalue weighted by Crippen LogP contribution is 2.12. The molecule has 0 unspecified atom stereocenters. The molecule has 3 heterocycles. The molecule has 0 saturated heterocycles. The Balaban J connectivity index is 2.04. The molecule has 0 fully saturated rings. The van der Waals surface area contributed by atoms with Crippen LogP contribution in [0.2, 0.25) is 0 Å². The molecule has 1 N–H and O–H groups in total. The van der Waals surface area contributed by atoms with Crippen LogP contribution < -0.4 is 5.32 Å². The molecule has 0 bridgehead atoms. The molecule has 0 aliphatic carbocycles. The van der Waals surface area contributed by atoms with E-state index in [0.29, 0.717) is 17.8 Å². The van der Waals surface area contributed by atoms with Gasteiger partial charge in [0.2, 0.25) is 5.95 Å². The maximum atomic E-state index is 4.35. The normalized spacial score (nSPS) is 10.8. The maximum Gasteiger partial charge on any atom is 0.258 e. The number of aromatic nitrogens is 8. The number of anilines is 1. The predicted molar refractivity (Wildman–Crippen MR) is 78.3 cm³/mol. The fourth-order valence-corrected chi connectivity index (χ4v) is 1.88. The van der Waals surface area contributed by atoms with Crippen molar-refractivity contribution in [2.24, 2.45) is 0 Å². The van der Waals surface area contributed by atoms with Gasteiger partial charge in [-0.1, -0.05) is 6.92 Å². The van der Waals surface area contributed by atoms with Gasteiger partial charge in [0.15, 0.2) is 0 Å². The van der Waals surface area contributed by atoms with E-state index in [1.807, 2.05) is 0 Å². The third-order valence-electron chi connectivity index (χ3n) is 2.52. The molecule has 10 heteroatoms. The van der Waals surface area contributed by atoms with Gasteiger partial charge in [-0.15, -0.1) is 0 Å². The van der Waals surface area contributed by atoms with Crippen LogP contribution in [0.3, 0.4) is 0 Å². The Hall–Kier alpha value is -2.36. The number of hydrogen-bond donors (Lipinski definition) is 1. The van der Waals surface area contributed by atoms with Crippen LogP contribution in [0, 0.1) is 0 Å². The zero-order valence-electron chi connectivity index (χ0n) is 11.2. The summed E-state index contributed by atoms with van der Waals surface area (Å²) in [7, 11) is 0. The Morgan fingerprint density at radius 2 is 1.95 bits per heavy atom. The van der Waals surface area contributed by atoms with Gasteiger partial charge in [0, 0.05) is 12.7 Å². The monoisotopic (exact) mass is 349 g/mol. The summed E-state index contributed by atoms with van der Waals surface area (Å²) >= 11 is 3.35. The lowest BCUT2D eigenvalue weighted by Crippen LogP contribution is -2.13. The smallest absolute Gasteiger partial charge is 0.258 e. The molecule has 0 spiro atoms. The topological polar surface area (TPSA) is 99.2 Å². The molecular formula is C11H12BrN9. The Morgan fingerprint density at radius 1 is 1.14 bits per heavy atom. The van der Waals surface area contributed by atoms with Gasteiger partial charge in [-0.3, -0.25) is 0 Å². The molecule has 9 nitrogen and oxygen atoms in total. The van der Waals surface area contributed by atoms with Crippen molar-refractivity contribution >= 4 is 21.9 Å². The van der Waals surface area contributed by atoms with Gasteiger partial charge in [-0.2, -0.15) is 29.8 Å². The number of nitrogens with zero attached hydrogens (tertiary/aromatic N) is 8. The second-order valence-electron chi connectivity index (χ2n) is 4.13. The highest BCUT2D eigenvalue weighted by Gasteiger charge is 2.11. The summed E-state index contributed by atoms with van der Waals surface area (Å²) in [4.78, 5) is 16.9. The van der Waals surface area contributed by atoms with E-state index in [1.54, 1.807) is 17.1 Å². The van der Waals surface area contributed by atoms with Crippen LogP contribution in [-0.4, -0.2) is 46.0 Å². The van der Waals surface area contributed by atoms with E-state index >= 15 is 0 Å². The van der Waals surface area contributed by atoms with Crippen molar-refractivity contribution in [3.63, 3.8) is 0 Å². The molecule has 0 atom stereocenters. The van der Waals surface area contributed by atoms with Crippen molar-refractivity contribution in [3.8, 4) is 11.9 Å². The molecule has 0 aromatic carbocycles. The van der Waals surface area contributed by atoms with Gasteiger partial charge < -0.3 is 5.32 Å². The maximum absolute atomic E-state index is 4.35. The largest absolute Gasteiger partial charge is 0.354 e. The average Bonchev–Trinajstić information content (AvgIpc) is 3.16. The molecule has 3 rings (SSSR count). The zero-order chi connectivity index (χ0) is 14.7. The van der Waals surface area contributed by atoms with E-state index < -0.39 is 0 Å². The number of hydrogen-bond acceptors (Lipinski definition) is 7. The summed E-state index contributed by atoms with van der Waals surface area (Å²) in [5.41, 5.74) is 0. The van der Waals surface area contributed by atoms with E-state index in [1.165, 1.54) is 17.3 Å². The zero-order valence-corrected chi connectivity index (χ0v) is 12.8. The van der Waals surface area contributed by atoms with Crippen molar-refractivity contribution in [3.05, 3.63) is 29.5 Å². The van der Waals surface area contributed by atoms with Crippen LogP contribution in [0.5, 0.6) is 0 Å². The first-order chi connectivity index (χ1) is 10.3. The van der Waals surface area contributed by atoms with Crippen LogP contribution in [-0.2, 0) is 0 Å². The molecule has 0 saturated carbocycles. The van der Waals surface area contributed by atoms with E-state index in [9.17, 15) is 0 Å². The van der Waals surface area contributed by atoms with Crippen molar-refractivity contribution in [2.45, 2.75) is 13.3 Å². The fourth-order valence-electron chi connectivity index (χ4n) is 1.60. The Bertz CT molecular complexity index is 721. The summed E-state index contributed by atoms with van der Waals surface area (Å²) in [6, 6.07) is 0. The highest BCUT2D eigenvalue weighted by molar-refractivity contribution is 9.10. The SMILES string of the molecule is CCCNc1nc(-n2cncn2)nc(-n2cc(Br)cn2)n1. The second kappa shape index (κ2) is 5.95. The van der Waals surface area contributed by atoms with E-state index in [0.717, 1.165) is 17.4 Å². The summed E-state index contributed by atoms with van der Waals surface area (Å²) in [6.45, 7) is 2.83. The molecule has 3 aromatic heterocycles. The van der Waals surface area contributed by atoms with E-state index in [4.69, 9.17) is 0 Å². The van der Waals surface area contributed by atoms with Crippen molar-refractivity contribution in [1.29, 1.82) is 0 Å². The van der Waals surface area contributed by atoms with Gasteiger partial charge in [0.25, 0.3) is 11.9 Å². The Morgan fingerprint density at radius 3 is 2.57 bits per heavy atom. The lowest BCUT2D eigenvalue weighted by atomic mass is 10.5. The Labute approximate surface area is 128 Å². The Kier molecular flexibility index (Phi) is 3.86. The van der Waals surface area contributed by atoms with Crippen LogP contribution >= 0.6 is 15.9 Å². The molecule has 0 aliphatic rings. The quantitative estimate of drug-likeness (QED) is 0.739. The van der Waals surface area contributed by atoms with E-state index in [-0.39, 0.29) is 0 Å². The molecular weight excluding hydrogens is 338 g/mol. The molecule has 0 amide bonds. The van der Waals surface area contributed by atoms with E-state index in [2.05, 4.69) is 58.3 Å². The molecule has 0 radical (unpaired) electrons. The predicted octanol–water partition coefficient (Wildman–Crippen LogP) is 1.22. The highest BCUT2D eigenvalue weighted by atomic mass is 79.9. The molecule has 3 aromatic rings. The summed E-state index contributed by atoms with van der Waals surface area (Å²) in [6.07, 6.45) is 7.35. The second-order valence-corrected chi connectivity index (χ2v) is 5.04. The van der Waals surface area contributed by atoms with Gasteiger partial charge in [-0.05, 0) is 22.4 Å². The van der Waals surface area contributed by atoms with Gasteiger partial charge in [0.1, 0.15) is 12.7 Å². The summed E-state index contributed by atoms with van der Waals surface area (Å²) in [5, 5.41) is 11.3. The van der Waals surface area contributed by atoms with Gasteiger partial charge in [0.05, 0.1) is 10.7 Å². The van der Waals surface area contributed by atoms with Crippen molar-refractivity contribution in [1.82, 2.24) is 39.5 Å². The van der Waals surface area contributed by atoms with Gasteiger partial charge in [-0.25, -0.2) is 9.67 Å². The summed E-state index contributed by atoms with van der Waals surface area (Å²) < 4.78 is 3.87. The number of nitrogens with one attached hydrogen (secondary N) is 1. The van der Waals surface area contributed by atoms with Crippen LogP contribution in [0.4, 0.5) is 5.95 Å². The lowest BCUT2D eigenvalue weighted by Gasteiger charge is -2.07. The minimum atomic E-state index is 0.378. The average molecular weight is 350 g/mol. The number of rotatable bonds is 5. The van der Waals surface area contributed by atoms with Crippen LogP contribution in [0.15, 0.2) is 29.5 Å².